The van der Waals surface area contributed by atoms with Gasteiger partial charge in [0.25, 0.3) is 0 Å². The predicted molar refractivity (Wildman–Crippen MR) is 125 cm³/mol. The van der Waals surface area contributed by atoms with Gasteiger partial charge in [-0.05, 0) is 86.6 Å². The summed E-state index contributed by atoms with van der Waals surface area (Å²) in [5, 5.41) is 8.09. The Balaban J connectivity index is 1.63. The Morgan fingerprint density at radius 3 is 2.64 bits per heavy atom. The van der Waals surface area contributed by atoms with Crippen LogP contribution in [0.4, 0.5) is 11.4 Å². The lowest BCUT2D eigenvalue weighted by atomic mass is 9.99. The summed E-state index contributed by atoms with van der Waals surface area (Å²) in [4.78, 5) is 2.49. The van der Waals surface area contributed by atoms with Gasteiger partial charge in [-0.2, -0.15) is 5.10 Å². The fraction of sp³-hybridized carbons (Fsp3) is 0.391. The van der Waals surface area contributed by atoms with Crippen LogP contribution in [0.1, 0.15) is 47.6 Å². The molecule has 1 aliphatic rings. The fourth-order valence-corrected chi connectivity index (χ4v) is 4.12. The van der Waals surface area contributed by atoms with E-state index in [1.165, 1.54) is 40.8 Å². The maximum atomic E-state index is 5.40. The van der Waals surface area contributed by atoms with Crippen molar-refractivity contribution in [2.24, 2.45) is 5.10 Å². The number of hydrogen-bond donors (Lipinski definition) is 2. The Hall–Kier alpha value is -2.40. The normalized spacial score (nSPS) is 13.5. The summed E-state index contributed by atoms with van der Waals surface area (Å²) >= 11 is 5.40. The molecule has 0 saturated heterocycles. The van der Waals surface area contributed by atoms with Crippen LogP contribution in [0, 0.1) is 20.8 Å². The minimum absolute atomic E-state index is 0.499. The first kappa shape index (κ1) is 20.3. The van der Waals surface area contributed by atoms with Crippen molar-refractivity contribution in [3.05, 3.63) is 58.1 Å². The Labute approximate surface area is 174 Å². The third-order valence-corrected chi connectivity index (χ3v) is 5.30. The molecule has 4 nitrogen and oxygen atoms in total. The zero-order valence-electron chi connectivity index (χ0n) is 17.3. The second-order valence-electron chi connectivity index (χ2n) is 7.58. The quantitative estimate of drug-likeness (QED) is 0.421. The molecule has 2 N–H and O–H groups in total. The molecule has 1 aliphatic heterocycles. The Bertz CT molecular complexity index is 865. The van der Waals surface area contributed by atoms with Gasteiger partial charge >= 0.3 is 0 Å². The van der Waals surface area contributed by atoms with Gasteiger partial charge in [0.1, 0.15) is 0 Å². The summed E-state index contributed by atoms with van der Waals surface area (Å²) in [7, 11) is 0. The van der Waals surface area contributed by atoms with Gasteiger partial charge in [0, 0.05) is 24.5 Å². The number of fused-ring (bicyclic) bond motifs is 1. The largest absolute Gasteiger partial charge is 0.371 e. The molecule has 0 saturated carbocycles. The maximum absolute atomic E-state index is 5.40. The molecule has 0 aliphatic carbocycles. The zero-order valence-corrected chi connectivity index (χ0v) is 18.1. The fourth-order valence-electron chi connectivity index (χ4n) is 3.96. The molecule has 0 aromatic heterocycles. The molecule has 3 rings (SSSR count). The van der Waals surface area contributed by atoms with Gasteiger partial charge in [-0.25, -0.2) is 0 Å². The first-order valence-electron chi connectivity index (χ1n) is 10.0. The zero-order chi connectivity index (χ0) is 20.1. The second-order valence-corrected chi connectivity index (χ2v) is 7.98. The van der Waals surface area contributed by atoms with E-state index < -0.39 is 0 Å². The first-order chi connectivity index (χ1) is 13.5. The van der Waals surface area contributed by atoms with Gasteiger partial charge in [-0.3, -0.25) is 5.43 Å². The minimum atomic E-state index is 0.499. The monoisotopic (exact) mass is 394 g/mol. The number of benzene rings is 2. The van der Waals surface area contributed by atoms with Crippen LogP contribution in [0.15, 0.2) is 35.4 Å². The SMILES string of the molecule is CCCN1CCCc2cc(/C=N\NC(=S)Nc3c(C)cc(C)cc3C)ccc21. The summed E-state index contributed by atoms with van der Waals surface area (Å²) in [6, 6.07) is 10.9. The summed E-state index contributed by atoms with van der Waals surface area (Å²) in [6.45, 7) is 10.8. The highest BCUT2D eigenvalue weighted by molar-refractivity contribution is 7.80. The third-order valence-electron chi connectivity index (χ3n) is 5.11. The molecule has 5 heteroatoms. The summed E-state index contributed by atoms with van der Waals surface area (Å²) in [5.41, 5.74) is 11.5. The van der Waals surface area contributed by atoms with Crippen molar-refractivity contribution in [2.75, 3.05) is 23.3 Å². The number of hydrogen-bond acceptors (Lipinski definition) is 3. The number of nitrogens with one attached hydrogen (secondary N) is 2. The minimum Gasteiger partial charge on any atom is -0.371 e. The lowest BCUT2D eigenvalue weighted by Crippen LogP contribution is -2.30. The van der Waals surface area contributed by atoms with Crippen molar-refractivity contribution < 1.29 is 0 Å². The van der Waals surface area contributed by atoms with Crippen LogP contribution in [0.3, 0.4) is 0 Å². The van der Waals surface area contributed by atoms with Gasteiger partial charge in [0.15, 0.2) is 5.11 Å². The number of hydrazone groups is 1. The van der Waals surface area contributed by atoms with Crippen LogP contribution in [-0.4, -0.2) is 24.4 Å². The molecule has 0 atom stereocenters. The van der Waals surface area contributed by atoms with E-state index in [-0.39, 0.29) is 0 Å². The highest BCUT2D eigenvalue weighted by Crippen LogP contribution is 2.27. The van der Waals surface area contributed by atoms with E-state index in [4.69, 9.17) is 12.2 Å². The van der Waals surface area contributed by atoms with Crippen LogP contribution < -0.4 is 15.6 Å². The standard InChI is InChI=1S/C23H30N4S/c1-5-10-27-11-6-7-20-14-19(8-9-21(20)27)15-24-26-23(28)25-22-17(3)12-16(2)13-18(22)4/h8-9,12-15H,5-7,10-11H2,1-4H3,(H2,25,26,28)/b24-15-. The van der Waals surface area contributed by atoms with Gasteiger partial charge in [0.2, 0.25) is 0 Å². The van der Waals surface area contributed by atoms with Crippen molar-refractivity contribution in [2.45, 2.75) is 47.0 Å². The Morgan fingerprint density at radius 1 is 1.18 bits per heavy atom. The number of nitrogens with zero attached hydrogens (tertiary/aromatic N) is 2. The van der Waals surface area contributed by atoms with Gasteiger partial charge in [-0.1, -0.05) is 30.7 Å². The van der Waals surface area contributed by atoms with Crippen LogP contribution in [0.2, 0.25) is 0 Å². The molecule has 2 aromatic rings. The maximum Gasteiger partial charge on any atom is 0.191 e. The van der Waals surface area contributed by atoms with Crippen LogP contribution in [0.5, 0.6) is 0 Å². The van der Waals surface area contributed by atoms with Crippen LogP contribution >= 0.6 is 12.2 Å². The molecule has 0 fully saturated rings. The molecule has 2 aromatic carbocycles. The average molecular weight is 395 g/mol. The van der Waals surface area contributed by atoms with E-state index in [1.54, 1.807) is 0 Å². The molecule has 0 unspecified atom stereocenters. The van der Waals surface area contributed by atoms with Gasteiger partial charge < -0.3 is 10.2 Å². The molecule has 0 spiro atoms. The predicted octanol–water partition coefficient (Wildman–Crippen LogP) is 5.09. The summed E-state index contributed by atoms with van der Waals surface area (Å²) in [5.74, 6) is 0. The van der Waals surface area contributed by atoms with Crippen molar-refractivity contribution >= 4 is 34.9 Å². The van der Waals surface area contributed by atoms with Gasteiger partial charge in [-0.15, -0.1) is 0 Å². The average Bonchev–Trinajstić information content (AvgIpc) is 2.65. The molecule has 0 radical (unpaired) electrons. The van der Waals surface area contributed by atoms with E-state index in [1.807, 2.05) is 6.21 Å². The number of rotatable bonds is 5. The van der Waals surface area contributed by atoms with E-state index in [0.29, 0.717) is 5.11 Å². The first-order valence-corrected chi connectivity index (χ1v) is 10.4. The molecular formula is C23H30N4S. The summed E-state index contributed by atoms with van der Waals surface area (Å²) in [6.07, 6.45) is 5.37. The highest BCUT2D eigenvalue weighted by Gasteiger charge is 2.15. The molecule has 148 valence electrons. The van der Waals surface area contributed by atoms with Crippen molar-refractivity contribution in [3.8, 4) is 0 Å². The molecule has 28 heavy (non-hydrogen) atoms. The highest BCUT2D eigenvalue weighted by atomic mass is 32.1. The van der Waals surface area contributed by atoms with E-state index in [0.717, 1.165) is 30.8 Å². The van der Waals surface area contributed by atoms with Crippen LogP contribution in [0.25, 0.3) is 0 Å². The van der Waals surface area contributed by atoms with Crippen molar-refractivity contribution in [3.63, 3.8) is 0 Å². The topological polar surface area (TPSA) is 39.7 Å². The molecule has 1 heterocycles. The molecule has 0 amide bonds. The third kappa shape index (κ3) is 4.90. The smallest absolute Gasteiger partial charge is 0.191 e. The van der Waals surface area contributed by atoms with Crippen LogP contribution in [-0.2, 0) is 6.42 Å². The lowest BCUT2D eigenvalue weighted by molar-refractivity contribution is 0.681. The van der Waals surface area contributed by atoms with Crippen molar-refractivity contribution in [1.29, 1.82) is 0 Å². The Morgan fingerprint density at radius 2 is 1.93 bits per heavy atom. The summed E-state index contributed by atoms with van der Waals surface area (Å²) < 4.78 is 0. The number of thiocarbonyl (C=S) groups is 1. The van der Waals surface area contributed by atoms with E-state index in [9.17, 15) is 0 Å². The lowest BCUT2D eigenvalue weighted by Gasteiger charge is -2.31. The Kier molecular flexibility index (Phi) is 6.68. The van der Waals surface area contributed by atoms with Gasteiger partial charge in [0.05, 0.1) is 6.21 Å². The van der Waals surface area contributed by atoms with E-state index in [2.05, 4.69) is 78.8 Å². The molecule has 0 bridgehead atoms. The van der Waals surface area contributed by atoms with Crippen molar-refractivity contribution in [1.82, 2.24) is 5.43 Å². The number of aryl methyl sites for hydroxylation is 4. The number of anilines is 2. The molecular weight excluding hydrogens is 364 g/mol. The second kappa shape index (κ2) is 9.20. The van der Waals surface area contributed by atoms with E-state index >= 15 is 0 Å².